The molecule has 6 heteroatoms. The number of aromatic amines is 1. The Kier molecular flexibility index (Phi) is 4.11. The lowest BCUT2D eigenvalue weighted by Gasteiger charge is -2.03. The maximum Gasteiger partial charge on any atom is 0.356 e. The second-order valence-corrected chi connectivity index (χ2v) is 4.70. The fourth-order valence-corrected chi connectivity index (χ4v) is 2.18. The van der Waals surface area contributed by atoms with Crippen molar-refractivity contribution in [3.05, 3.63) is 41.2 Å². The molecular formula is C13H14N2O3S. The zero-order valence-corrected chi connectivity index (χ0v) is 11.5. The van der Waals surface area contributed by atoms with Gasteiger partial charge < -0.3 is 14.8 Å². The van der Waals surface area contributed by atoms with E-state index in [-0.39, 0.29) is 5.69 Å². The first-order valence-corrected chi connectivity index (χ1v) is 6.85. The molecule has 2 N–H and O–H groups in total. The second kappa shape index (κ2) is 5.79. The van der Waals surface area contributed by atoms with E-state index < -0.39 is 5.97 Å². The van der Waals surface area contributed by atoms with Crippen LogP contribution in [0, 0.1) is 0 Å². The number of ether oxygens (including phenoxy) is 1. The normalized spacial score (nSPS) is 10.4. The molecule has 1 aromatic heterocycles. The maximum absolute atomic E-state index is 11.1. The summed E-state index contributed by atoms with van der Waals surface area (Å²) >= 11 is 1.38. The van der Waals surface area contributed by atoms with Crippen molar-refractivity contribution in [2.75, 3.05) is 13.4 Å². The van der Waals surface area contributed by atoms with Gasteiger partial charge in [0.1, 0.15) is 5.75 Å². The molecule has 0 bridgehead atoms. The number of methoxy groups -OCH3 is 1. The predicted molar refractivity (Wildman–Crippen MR) is 73.1 cm³/mol. The molecule has 1 aromatic carbocycles. The van der Waals surface area contributed by atoms with Crippen molar-refractivity contribution in [3.63, 3.8) is 0 Å². The summed E-state index contributed by atoms with van der Waals surface area (Å²) in [7, 11) is 1.60. The van der Waals surface area contributed by atoms with E-state index in [0.717, 1.165) is 11.3 Å². The lowest BCUT2D eigenvalue weighted by molar-refractivity contribution is 0.0689. The van der Waals surface area contributed by atoms with Gasteiger partial charge in [0.2, 0.25) is 0 Å². The lowest BCUT2D eigenvalue weighted by atomic mass is 10.1. The van der Waals surface area contributed by atoms with Gasteiger partial charge in [-0.3, -0.25) is 0 Å². The van der Waals surface area contributed by atoms with Crippen molar-refractivity contribution in [2.24, 2.45) is 0 Å². The Morgan fingerprint density at radius 3 is 2.95 bits per heavy atom. The topological polar surface area (TPSA) is 75.2 Å². The number of benzene rings is 1. The van der Waals surface area contributed by atoms with Crippen LogP contribution in [-0.2, 0) is 6.42 Å². The van der Waals surface area contributed by atoms with Crippen molar-refractivity contribution in [1.82, 2.24) is 9.97 Å². The number of hydrogen-bond donors (Lipinski definition) is 2. The van der Waals surface area contributed by atoms with E-state index >= 15 is 0 Å². The van der Waals surface area contributed by atoms with Gasteiger partial charge in [0, 0.05) is 6.42 Å². The highest BCUT2D eigenvalue weighted by atomic mass is 32.2. The molecule has 0 amide bonds. The number of carboxylic acids is 1. The first-order chi connectivity index (χ1) is 9.13. The quantitative estimate of drug-likeness (QED) is 0.822. The highest BCUT2D eigenvalue weighted by Crippen LogP contribution is 2.20. The first-order valence-electron chi connectivity index (χ1n) is 5.63. The average molecular weight is 278 g/mol. The monoisotopic (exact) mass is 278 g/mol. The molecule has 100 valence electrons. The van der Waals surface area contributed by atoms with Crippen molar-refractivity contribution < 1.29 is 14.6 Å². The number of nitrogens with zero attached hydrogens (tertiary/aromatic N) is 1. The largest absolute Gasteiger partial charge is 0.497 e. The molecule has 2 aromatic rings. The molecule has 5 nitrogen and oxygen atoms in total. The van der Waals surface area contributed by atoms with Crippen molar-refractivity contribution in [3.8, 4) is 5.75 Å². The van der Waals surface area contributed by atoms with E-state index in [0.29, 0.717) is 17.3 Å². The molecule has 0 fully saturated rings. The number of thioether (sulfide) groups is 1. The Labute approximate surface area is 115 Å². The minimum absolute atomic E-state index is 0.0761. The van der Waals surface area contributed by atoms with Crippen LogP contribution in [0.15, 0.2) is 29.4 Å². The van der Waals surface area contributed by atoms with Gasteiger partial charge in [-0.15, -0.1) is 0 Å². The highest BCUT2D eigenvalue weighted by molar-refractivity contribution is 7.98. The summed E-state index contributed by atoms with van der Waals surface area (Å²) in [5, 5.41) is 9.74. The van der Waals surface area contributed by atoms with Crippen LogP contribution in [0.2, 0.25) is 0 Å². The van der Waals surface area contributed by atoms with Crippen molar-refractivity contribution in [1.29, 1.82) is 0 Å². The van der Waals surface area contributed by atoms with Crippen LogP contribution in [0.1, 0.15) is 21.7 Å². The summed E-state index contributed by atoms with van der Waals surface area (Å²) in [5.41, 5.74) is 1.65. The number of hydrogen-bond acceptors (Lipinski definition) is 4. The zero-order valence-electron chi connectivity index (χ0n) is 10.6. The number of carboxylic acid groups (broad SMARTS) is 1. The summed E-state index contributed by atoms with van der Waals surface area (Å²) in [6, 6.07) is 7.53. The summed E-state index contributed by atoms with van der Waals surface area (Å²) in [6.07, 6.45) is 2.33. The van der Waals surface area contributed by atoms with Crippen LogP contribution in [0.5, 0.6) is 5.75 Å². The Morgan fingerprint density at radius 1 is 1.53 bits per heavy atom. The van der Waals surface area contributed by atoms with Gasteiger partial charge in [0.05, 0.1) is 12.8 Å². The number of aromatic carboxylic acids is 1. The van der Waals surface area contributed by atoms with Crippen LogP contribution in [0.4, 0.5) is 0 Å². The van der Waals surface area contributed by atoms with Gasteiger partial charge >= 0.3 is 5.97 Å². The zero-order chi connectivity index (χ0) is 13.8. The highest BCUT2D eigenvalue weighted by Gasteiger charge is 2.16. The minimum atomic E-state index is -1.02. The molecule has 0 spiro atoms. The number of carbonyl (C=O) groups is 1. The van der Waals surface area contributed by atoms with Crippen LogP contribution in [0.3, 0.4) is 0 Å². The summed E-state index contributed by atoms with van der Waals surface area (Å²) in [5.74, 6) is -0.270. The molecule has 1 heterocycles. The standard InChI is InChI=1S/C13H14N2O3S/c1-18-9-5-3-4-8(6-9)7-10-11(12(16)17)15-13(14-10)19-2/h3-6H,7H2,1-2H3,(H,14,15)(H,16,17). The molecule has 2 rings (SSSR count). The molecular weight excluding hydrogens is 264 g/mol. The molecule has 0 aliphatic carbocycles. The van der Waals surface area contributed by atoms with Gasteiger partial charge in [-0.2, -0.15) is 0 Å². The van der Waals surface area contributed by atoms with Gasteiger partial charge in [-0.1, -0.05) is 23.9 Å². The van der Waals surface area contributed by atoms with Gasteiger partial charge in [-0.05, 0) is 24.0 Å². The fraction of sp³-hybridized carbons (Fsp3) is 0.231. The smallest absolute Gasteiger partial charge is 0.356 e. The van der Waals surface area contributed by atoms with Crippen LogP contribution in [-0.4, -0.2) is 34.4 Å². The lowest BCUT2D eigenvalue weighted by Crippen LogP contribution is -2.02. The van der Waals surface area contributed by atoms with E-state index in [1.54, 1.807) is 7.11 Å². The molecule has 0 aliphatic heterocycles. The van der Waals surface area contributed by atoms with Gasteiger partial charge in [0.25, 0.3) is 0 Å². The Morgan fingerprint density at radius 2 is 2.32 bits per heavy atom. The van der Waals surface area contributed by atoms with E-state index in [9.17, 15) is 4.79 Å². The number of imidazole rings is 1. The SMILES string of the molecule is COc1cccc(Cc2[nH]c(SC)nc2C(=O)O)c1. The third-order valence-corrected chi connectivity index (χ3v) is 3.25. The number of H-pyrrole nitrogens is 1. The predicted octanol–water partition coefficient (Wildman–Crippen LogP) is 2.43. The Bertz CT molecular complexity index is 595. The third-order valence-electron chi connectivity index (χ3n) is 2.67. The maximum atomic E-state index is 11.1. The molecule has 0 atom stereocenters. The van der Waals surface area contributed by atoms with Gasteiger partial charge in [-0.25, -0.2) is 9.78 Å². The van der Waals surface area contributed by atoms with E-state index in [4.69, 9.17) is 9.84 Å². The summed E-state index contributed by atoms with van der Waals surface area (Å²) in [6.45, 7) is 0. The molecule has 19 heavy (non-hydrogen) atoms. The minimum Gasteiger partial charge on any atom is -0.497 e. The first kappa shape index (κ1) is 13.5. The Hall–Kier alpha value is -1.95. The third kappa shape index (κ3) is 3.08. The molecule has 0 aliphatic rings. The van der Waals surface area contributed by atoms with Crippen molar-refractivity contribution >= 4 is 17.7 Å². The van der Waals surface area contributed by atoms with E-state index in [1.807, 2.05) is 30.5 Å². The summed E-state index contributed by atoms with van der Waals surface area (Å²) < 4.78 is 5.15. The molecule has 0 saturated carbocycles. The number of rotatable bonds is 5. The fourth-order valence-electron chi connectivity index (χ4n) is 1.77. The number of aromatic nitrogens is 2. The van der Waals surface area contributed by atoms with E-state index in [1.165, 1.54) is 11.8 Å². The molecule has 0 saturated heterocycles. The van der Waals surface area contributed by atoms with E-state index in [2.05, 4.69) is 9.97 Å². The van der Waals surface area contributed by atoms with Crippen LogP contribution < -0.4 is 4.74 Å². The molecule has 0 radical (unpaired) electrons. The van der Waals surface area contributed by atoms with Gasteiger partial charge in [0.15, 0.2) is 10.9 Å². The number of nitrogens with one attached hydrogen (secondary N) is 1. The molecule has 0 unspecified atom stereocenters. The van der Waals surface area contributed by atoms with Crippen LogP contribution >= 0.6 is 11.8 Å². The van der Waals surface area contributed by atoms with Crippen LogP contribution in [0.25, 0.3) is 0 Å². The summed E-state index contributed by atoms with van der Waals surface area (Å²) in [4.78, 5) is 18.2. The average Bonchev–Trinajstić information content (AvgIpc) is 2.82. The second-order valence-electron chi connectivity index (χ2n) is 3.91. The van der Waals surface area contributed by atoms with Crippen molar-refractivity contribution in [2.45, 2.75) is 11.6 Å². The Balaban J connectivity index is 2.31.